The second-order valence-corrected chi connectivity index (χ2v) is 5.45. The Morgan fingerprint density at radius 3 is 2.32 bits per heavy atom. The Morgan fingerprint density at radius 1 is 0.955 bits per heavy atom. The largest absolute Gasteiger partial charge is 0.497 e. The van der Waals surface area contributed by atoms with Crippen molar-refractivity contribution in [2.45, 2.75) is 0 Å². The van der Waals surface area contributed by atoms with Gasteiger partial charge in [-0.1, -0.05) is 33.2 Å². The van der Waals surface area contributed by atoms with Gasteiger partial charge >= 0.3 is 0 Å². The molecule has 6 heteroatoms. The van der Waals surface area contributed by atoms with Crippen LogP contribution in [0.1, 0.15) is 0 Å². The smallest absolute Gasteiger partial charge is 0.258 e. The van der Waals surface area contributed by atoms with Crippen LogP contribution in [0, 0.1) is 0 Å². The van der Waals surface area contributed by atoms with E-state index in [4.69, 9.17) is 14.0 Å². The molecule has 0 aliphatic heterocycles. The van der Waals surface area contributed by atoms with Gasteiger partial charge in [-0.15, -0.1) is 0 Å². The fourth-order valence-corrected chi connectivity index (χ4v) is 2.42. The van der Waals surface area contributed by atoms with Crippen LogP contribution in [0.2, 0.25) is 0 Å². The van der Waals surface area contributed by atoms with Crippen LogP contribution in [0.15, 0.2) is 51.5 Å². The second-order valence-electron chi connectivity index (χ2n) is 4.53. The number of nitrogens with zero attached hydrogens (tertiary/aromatic N) is 2. The molecule has 0 aliphatic carbocycles. The minimum Gasteiger partial charge on any atom is -0.497 e. The Bertz CT molecular complexity index is 779. The molecule has 22 heavy (non-hydrogen) atoms. The minimum absolute atomic E-state index is 0.409. The molecule has 0 spiro atoms. The lowest BCUT2D eigenvalue weighted by Crippen LogP contribution is -1.89. The third-order valence-corrected chi connectivity index (χ3v) is 3.60. The fraction of sp³-hybridized carbons (Fsp3) is 0.125. The topological polar surface area (TPSA) is 57.4 Å². The molecule has 0 N–H and O–H groups in total. The molecule has 3 aromatic rings. The Morgan fingerprint density at radius 2 is 1.68 bits per heavy atom. The number of benzene rings is 2. The van der Waals surface area contributed by atoms with Gasteiger partial charge in [0, 0.05) is 21.7 Å². The minimum atomic E-state index is 0.409. The van der Waals surface area contributed by atoms with E-state index < -0.39 is 0 Å². The van der Waals surface area contributed by atoms with Crippen molar-refractivity contribution < 1.29 is 14.0 Å². The number of hydrogen-bond donors (Lipinski definition) is 0. The van der Waals surface area contributed by atoms with Crippen LogP contribution in [0.4, 0.5) is 0 Å². The molecule has 112 valence electrons. The standard InChI is InChI=1S/C16H13BrN2O3/c1-20-13-7-11(8-14(9-13)21-2)16-18-15(19-22-16)10-4-3-5-12(17)6-10/h3-9H,1-2H3. The van der Waals surface area contributed by atoms with Gasteiger partial charge < -0.3 is 14.0 Å². The normalized spacial score (nSPS) is 10.5. The highest BCUT2D eigenvalue weighted by Gasteiger charge is 2.13. The van der Waals surface area contributed by atoms with Crippen molar-refractivity contribution >= 4 is 15.9 Å². The maximum atomic E-state index is 5.36. The highest BCUT2D eigenvalue weighted by atomic mass is 79.9. The van der Waals surface area contributed by atoms with Crippen LogP contribution in [-0.4, -0.2) is 24.4 Å². The predicted molar refractivity (Wildman–Crippen MR) is 86.0 cm³/mol. The van der Waals surface area contributed by atoms with Gasteiger partial charge in [-0.25, -0.2) is 0 Å². The van der Waals surface area contributed by atoms with E-state index in [0.29, 0.717) is 23.2 Å². The molecule has 0 amide bonds. The monoisotopic (exact) mass is 360 g/mol. The van der Waals surface area contributed by atoms with Crippen molar-refractivity contribution in [3.63, 3.8) is 0 Å². The van der Waals surface area contributed by atoms with E-state index >= 15 is 0 Å². The van der Waals surface area contributed by atoms with E-state index in [1.807, 2.05) is 36.4 Å². The Kier molecular flexibility index (Phi) is 4.11. The molecule has 5 nitrogen and oxygen atoms in total. The number of rotatable bonds is 4. The van der Waals surface area contributed by atoms with Gasteiger partial charge in [-0.05, 0) is 24.3 Å². The van der Waals surface area contributed by atoms with Crippen molar-refractivity contribution in [1.82, 2.24) is 10.1 Å². The van der Waals surface area contributed by atoms with Crippen LogP contribution in [0.5, 0.6) is 11.5 Å². The summed E-state index contributed by atoms with van der Waals surface area (Å²) in [4.78, 5) is 4.43. The van der Waals surface area contributed by atoms with Gasteiger partial charge in [0.2, 0.25) is 5.82 Å². The molecule has 0 fully saturated rings. The van der Waals surface area contributed by atoms with Gasteiger partial charge in [-0.3, -0.25) is 0 Å². The molecule has 0 atom stereocenters. The van der Waals surface area contributed by atoms with E-state index in [0.717, 1.165) is 15.6 Å². The predicted octanol–water partition coefficient (Wildman–Crippen LogP) is 4.18. The third kappa shape index (κ3) is 2.96. The first-order chi connectivity index (χ1) is 10.7. The molecule has 0 aliphatic rings. The fourth-order valence-electron chi connectivity index (χ4n) is 2.02. The Labute approximate surface area is 136 Å². The summed E-state index contributed by atoms with van der Waals surface area (Å²) in [7, 11) is 3.19. The quantitative estimate of drug-likeness (QED) is 0.698. The molecule has 0 saturated heterocycles. The molecule has 0 unspecified atom stereocenters. The van der Waals surface area contributed by atoms with Crippen LogP contribution in [0.3, 0.4) is 0 Å². The van der Waals surface area contributed by atoms with Crippen molar-refractivity contribution in [3.8, 4) is 34.3 Å². The summed E-state index contributed by atoms with van der Waals surface area (Å²) in [6, 6.07) is 13.1. The van der Waals surface area contributed by atoms with E-state index in [1.165, 1.54) is 0 Å². The molecular formula is C16H13BrN2O3. The molecule has 2 aromatic carbocycles. The maximum absolute atomic E-state index is 5.36. The first kappa shape index (κ1) is 14.6. The van der Waals surface area contributed by atoms with Crippen LogP contribution < -0.4 is 9.47 Å². The first-order valence-corrected chi connectivity index (χ1v) is 7.32. The summed E-state index contributed by atoms with van der Waals surface area (Å²) in [5.41, 5.74) is 1.61. The van der Waals surface area contributed by atoms with Gasteiger partial charge in [0.25, 0.3) is 5.89 Å². The molecule has 1 heterocycles. The number of methoxy groups -OCH3 is 2. The zero-order valence-corrected chi connectivity index (χ0v) is 13.6. The summed E-state index contributed by atoms with van der Waals surface area (Å²) in [5, 5.41) is 4.03. The average molecular weight is 361 g/mol. The van der Waals surface area contributed by atoms with Crippen LogP contribution in [0.25, 0.3) is 22.8 Å². The van der Waals surface area contributed by atoms with Gasteiger partial charge in [0.1, 0.15) is 11.5 Å². The lowest BCUT2D eigenvalue weighted by molar-refractivity contribution is 0.393. The first-order valence-electron chi connectivity index (χ1n) is 6.52. The van der Waals surface area contributed by atoms with E-state index in [2.05, 4.69) is 26.1 Å². The van der Waals surface area contributed by atoms with E-state index in [9.17, 15) is 0 Å². The Balaban J connectivity index is 2.00. The Hall–Kier alpha value is -2.34. The molecule has 0 saturated carbocycles. The molecular weight excluding hydrogens is 348 g/mol. The van der Waals surface area contributed by atoms with Crippen LogP contribution >= 0.6 is 15.9 Å². The average Bonchev–Trinajstić information content (AvgIpc) is 3.04. The summed E-state index contributed by atoms with van der Waals surface area (Å²) in [6.45, 7) is 0. The number of hydrogen-bond acceptors (Lipinski definition) is 5. The summed E-state index contributed by atoms with van der Waals surface area (Å²) >= 11 is 3.43. The summed E-state index contributed by atoms with van der Waals surface area (Å²) < 4.78 is 16.8. The van der Waals surface area contributed by atoms with Gasteiger partial charge in [-0.2, -0.15) is 4.98 Å². The lowest BCUT2D eigenvalue weighted by Gasteiger charge is -2.05. The highest BCUT2D eigenvalue weighted by molar-refractivity contribution is 9.10. The highest BCUT2D eigenvalue weighted by Crippen LogP contribution is 2.30. The van der Waals surface area contributed by atoms with Crippen molar-refractivity contribution in [2.24, 2.45) is 0 Å². The van der Waals surface area contributed by atoms with Crippen molar-refractivity contribution in [2.75, 3.05) is 14.2 Å². The lowest BCUT2D eigenvalue weighted by atomic mass is 10.2. The van der Waals surface area contributed by atoms with E-state index in [1.54, 1.807) is 20.3 Å². The summed E-state index contributed by atoms with van der Waals surface area (Å²) in [6.07, 6.45) is 0. The van der Waals surface area contributed by atoms with Gasteiger partial charge in [0.05, 0.1) is 14.2 Å². The summed E-state index contributed by atoms with van der Waals surface area (Å²) in [5.74, 6) is 2.26. The number of aromatic nitrogens is 2. The van der Waals surface area contributed by atoms with E-state index in [-0.39, 0.29) is 0 Å². The van der Waals surface area contributed by atoms with Gasteiger partial charge in [0.15, 0.2) is 0 Å². The zero-order valence-electron chi connectivity index (χ0n) is 12.0. The zero-order chi connectivity index (χ0) is 15.5. The number of ether oxygens (including phenoxy) is 2. The SMILES string of the molecule is COc1cc(OC)cc(-c2nc(-c3cccc(Br)c3)no2)c1. The molecule has 0 bridgehead atoms. The maximum Gasteiger partial charge on any atom is 0.258 e. The molecule has 0 radical (unpaired) electrons. The number of halogens is 1. The molecule has 1 aromatic heterocycles. The van der Waals surface area contributed by atoms with Crippen LogP contribution in [-0.2, 0) is 0 Å². The van der Waals surface area contributed by atoms with Crippen molar-refractivity contribution in [3.05, 3.63) is 46.9 Å². The third-order valence-electron chi connectivity index (χ3n) is 3.11. The second kappa shape index (κ2) is 6.19. The molecule has 3 rings (SSSR count). The van der Waals surface area contributed by atoms with Crippen molar-refractivity contribution in [1.29, 1.82) is 0 Å².